The van der Waals surface area contributed by atoms with Crippen LogP contribution < -0.4 is 4.74 Å². The number of nitrogens with zero attached hydrogens (tertiary/aromatic N) is 1. The lowest BCUT2D eigenvalue weighted by Gasteiger charge is -2.36. The first kappa shape index (κ1) is 14.5. The Morgan fingerprint density at radius 2 is 1.96 bits per heavy atom. The summed E-state index contributed by atoms with van der Waals surface area (Å²) in [5.41, 5.74) is 1.07. The van der Waals surface area contributed by atoms with E-state index in [4.69, 9.17) is 9.84 Å². The van der Waals surface area contributed by atoms with Crippen LogP contribution in [0.1, 0.15) is 24.8 Å². The third-order valence-corrected chi connectivity index (χ3v) is 5.79. The fraction of sp³-hybridized carbons (Fsp3) is 0.556. The summed E-state index contributed by atoms with van der Waals surface area (Å²) in [6.45, 7) is 1.80. The Morgan fingerprint density at radius 3 is 2.65 bits per heavy atom. The van der Waals surface area contributed by atoms with Crippen molar-refractivity contribution in [3.05, 3.63) is 29.8 Å². The number of carbonyl (C=O) groups is 2. The minimum atomic E-state index is -0.679. The topological polar surface area (TPSA) is 66.8 Å². The third kappa shape index (κ3) is 2.48. The third-order valence-electron chi connectivity index (χ3n) is 5.79. The van der Waals surface area contributed by atoms with Crippen molar-refractivity contribution >= 4 is 11.9 Å². The summed E-state index contributed by atoms with van der Waals surface area (Å²) < 4.78 is 5.72. The fourth-order valence-electron chi connectivity index (χ4n) is 4.17. The molecular weight excluding hydrogens is 294 g/mol. The van der Waals surface area contributed by atoms with Gasteiger partial charge in [-0.25, -0.2) is 0 Å². The number of amides is 1. The molecule has 1 N–H and O–H groups in total. The molecule has 4 rings (SSSR count). The summed E-state index contributed by atoms with van der Waals surface area (Å²) in [7, 11) is 0. The Kier molecular flexibility index (Phi) is 3.32. The number of aliphatic carboxylic acids is 1. The number of benzene rings is 1. The lowest BCUT2D eigenvalue weighted by atomic mass is 9.89. The van der Waals surface area contributed by atoms with Gasteiger partial charge in [0.25, 0.3) is 0 Å². The molecule has 23 heavy (non-hydrogen) atoms. The quantitative estimate of drug-likeness (QED) is 0.906. The number of fused-ring (bicyclic) bond motifs is 1. The Balaban J connectivity index is 1.37. The second kappa shape index (κ2) is 5.25. The largest absolute Gasteiger partial charge is 0.492 e. The van der Waals surface area contributed by atoms with E-state index in [0.29, 0.717) is 19.7 Å². The van der Waals surface area contributed by atoms with Gasteiger partial charge in [0.2, 0.25) is 5.91 Å². The minimum absolute atomic E-state index is 0.0295. The van der Waals surface area contributed by atoms with Gasteiger partial charge in [-0.3, -0.25) is 9.59 Å². The molecule has 3 aliphatic rings. The zero-order valence-electron chi connectivity index (χ0n) is 13.0. The molecule has 2 fully saturated rings. The van der Waals surface area contributed by atoms with E-state index >= 15 is 0 Å². The molecule has 2 atom stereocenters. The van der Waals surface area contributed by atoms with Crippen molar-refractivity contribution in [3.8, 4) is 5.75 Å². The Labute approximate surface area is 135 Å². The van der Waals surface area contributed by atoms with Gasteiger partial charge in [0.05, 0.1) is 11.8 Å². The van der Waals surface area contributed by atoms with E-state index in [-0.39, 0.29) is 23.2 Å². The summed E-state index contributed by atoms with van der Waals surface area (Å²) in [5.74, 6) is 0.0541. The Morgan fingerprint density at radius 1 is 1.22 bits per heavy atom. The van der Waals surface area contributed by atoms with Gasteiger partial charge in [0.15, 0.2) is 0 Å². The number of carboxylic acids is 1. The molecule has 1 aromatic rings. The van der Waals surface area contributed by atoms with Gasteiger partial charge in [-0.1, -0.05) is 18.2 Å². The first-order valence-electron chi connectivity index (χ1n) is 8.31. The molecule has 1 saturated heterocycles. The molecule has 1 aliphatic carbocycles. The van der Waals surface area contributed by atoms with Crippen LogP contribution in [0.15, 0.2) is 24.3 Å². The number of hydrogen-bond acceptors (Lipinski definition) is 3. The van der Waals surface area contributed by atoms with Crippen LogP contribution in [0, 0.1) is 17.3 Å². The smallest absolute Gasteiger partial charge is 0.307 e. The van der Waals surface area contributed by atoms with E-state index in [2.05, 4.69) is 0 Å². The minimum Gasteiger partial charge on any atom is -0.492 e. The average Bonchev–Trinajstić information content (AvgIpc) is 3.28. The predicted molar refractivity (Wildman–Crippen MR) is 83.1 cm³/mol. The van der Waals surface area contributed by atoms with E-state index in [1.54, 1.807) is 0 Å². The van der Waals surface area contributed by atoms with E-state index < -0.39 is 5.97 Å². The SMILES string of the molecule is O=C(O)C1CC12CCN(C(=O)C1COc3ccccc3C1)CC2. The van der Waals surface area contributed by atoms with Crippen molar-refractivity contribution in [2.45, 2.75) is 25.7 Å². The molecule has 2 unspecified atom stereocenters. The van der Waals surface area contributed by atoms with Crippen LogP contribution in [0.2, 0.25) is 0 Å². The van der Waals surface area contributed by atoms with Gasteiger partial charge in [0.1, 0.15) is 12.4 Å². The highest BCUT2D eigenvalue weighted by Crippen LogP contribution is 2.59. The predicted octanol–water partition coefficient (Wildman–Crippen LogP) is 1.95. The Bertz CT molecular complexity index is 648. The van der Waals surface area contributed by atoms with E-state index in [0.717, 1.165) is 37.0 Å². The van der Waals surface area contributed by atoms with Gasteiger partial charge >= 0.3 is 5.97 Å². The van der Waals surface area contributed by atoms with Gasteiger partial charge < -0.3 is 14.7 Å². The number of ether oxygens (including phenoxy) is 1. The maximum Gasteiger partial charge on any atom is 0.307 e. The molecule has 0 bridgehead atoms. The zero-order valence-corrected chi connectivity index (χ0v) is 13.0. The second-order valence-electron chi connectivity index (χ2n) is 7.10. The lowest BCUT2D eigenvalue weighted by molar-refractivity contribution is -0.140. The zero-order chi connectivity index (χ0) is 16.0. The molecule has 5 nitrogen and oxygen atoms in total. The summed E-state index contributed by atoms with van der Waals surface area (Å²) >= 11 is 0. The van der Waals surface area contributed by atoms with Crippen molar-refractivity contribution in [2.75, 3.05) is 19.7 Å². The van der Waals surface area contributed by atoms with Gasteiger partial charge in [0, 0.05) is 13.1 Å². The van der Waals surface area contributed by atoms with Crippen LogP contribution in [0.3, 0.4) is 0 Å². The lowest BCUT2D eigenvalue weighted by Crippen LogP contribution is -2.45. The molecule has 0 radical (unpaired) electrons. The number of likely N-dealkylation sites (tertiary alicyclic amines) is 1. The molecule has 1 spiro atoms. The van der Waals surface area contributed by atoms with Crippen LogP contribution in [0.4, 0.5) is 0 Å². The number of piperidine rings is 1. The normalized spacial score (nSPS) is 27.9. The highest BCUT2D eigenvalue weighted by atomic mass is 16.5. The van der Waals surface area contributed by atoms with E-state index in [1.165, 1.54) is 0 Å². The van der Waals surface area contributed by atoms with Crippen molar-refractivity contribution in [3.63, 3.8) is 0 Å². The number of carboxylic acid groups (broad SMARTS) is 1. The van der Waals surface area contributed by atoms with E-state index in [1.807, 2.05) is 29.2 Å². The number of para-hydroxylation sites is 1. The monoisotopic (exact) mass is 315 g/mol. The molecule has 2 aliphatic heterocycles. The second-order valence-corrected chi connectivity index (χ2v) is 7.10. The van der Waals surface area contributed by atoms with E-state index in [9.17, 15) is 9.59 Å². The van der Waals surface area contributed by atoms with Gasteiger partial charge in [-0.2, -0.15) is 0 Å². The summed E-state index contributed by atoms with van der Waals surface area (Å²) in [4.78, 5) is 25.8. The summed E-state index contributed by atoms with van der Waals surface area (Å²) in [5, 5.41) is 9.15. The molecule has 5 heteroatoms. The molecule has 0 aromatic heterocycles. The fourth-order valence-corrected chi connectivity index (χ4v) is 4.17. The van der Waals surface area contributed by atoms with Crippen LogP contribution >= 0.6 is 0 Å². The van der Waals surface area contributed by atoms with Gasteiger partial charge in [-0.05, 0) is 42.7 Å². The maximum atomic E-state index is 12.7. The molecule has 1 amide bonds. The van der Waals surface area contributed by atoms with Crippen LogP contribution in [0.5, 0.6) is 5.75 Å². The van der Waals surface area contributed by atoms with Crippen LogP contribution in [-0.4, -0.2) is 41.6 Å². The van der Waals surface area contributed by atoms with Crippen molar-refractivity contribution in [1.29, 1.82) is 0 Å². The highest BCUT2D eigenvalue weighted by molar-refractivity contribution is 5.80. The van der Waals surface area contributed by atoms with Crippen LogP contribution in [0.25, 0.3) is 0 Å². The van der Waals surface area contributed by atoms with Crippen LogP contribution in [-0.2, 0) is 16.0 Å². The number of carbonyl (C=O) groups excluding carboxylic acids is 1. The first-order chi connectivity index (χ1) is 11.1. The molecule has 1 aromatic carbocycles. The molecular formula is C18H21NO4. The summed E-state index contributed by atoms with van der Waals surface area (Å²) in [6.07, 6.45) is 3.15. The van der Waals surface area contributed by atoms with Crippen molar-refractivity contribution in [1.82, 2.24) is 4.90 Å². The van der Waals surface area contributed by atoms with Crippen molar-refractivity contribution < 1.29 is 19.4 Å². The number of hydrogen-bond donors (Lipinski definition) is 1. The number of rotatable bonds is 2. The molecule has 2 heterocycles. The molecule has 122 valence electrons. The van der Waals surface area contributed by atoms with Gasteiger partial charge in [-0.15, -0.1) is 0 Å². The summed E-state index contributed by atoms with van der Waals surface area (Å²) in [6, 6.07) is 7.87. The maximum absolute atomic E-state index is 12.7. The highest BCUT2D eigenvalue weighted by Gasteiger charge is 2.59. The first-order valence-corrected chi connectivity index (χ1v) is 8.31. The molecule has 1 saturated carbocycles. The average molecular weight is 315 g/mol. The van der Waals surface area contributed by atoms with Crippen molar-refractivity contribution in [2.24, 2.45) is 17.3 Å². The Hall–Kier alpha value is -2.04. The standard InChI is InChI=1S/C18H21NO4/c20-16(13-9-12-3-1-2-4-15(12)23-11-13)19-7-5-18(6-8-19)10-14(18)17(21)22/h1-4,13-14H,5-11H2,(H,21,22).